The predicted octanol–water partition coefficient (Wildman–Crippen LogP) is 4.35. The summed E-state index contributed by atoms with van der Waals surface area (Å²) < 4.78 is 5.77. The maximum absolute atomic E-state index is 12.5. The van der Waals surface area contributed by atoms with Crippen LogP contribution in [0.5, 0.6) is 5.75 Å². The molecule has 5 nitrogen and oxygen atoms in total. The second-order valence-electron chi connectivity index (χ2n) is 6.78. The molecule has 0 fully saturated rings. The highest BCUT2D eigenvalue weighted by Crippen LogP contribution is 2.30. The number of nitrogens with zero attached hydrogens (tertiary/aromatic N) is 1. The third kappa shape index (κ3) is 4.42. The average Bonchev–Trinajstić information content (AvgIpc) is 2.63. The van der Waals surface area contributed by atoms with Crippen LogP contribution in [0.1, 0.15) is 31.4 Å². The summed E-state index contributed by atoms with van der Waals surface area (Å²) in [5.74, 6) is 0.432. The number of nitrogens with one attached hydrogen (secondary N) is 1. The summed E-state index contributed by atoms with van der Waals surface area (Å²) in [4.78, 5) is 26.1. The van der Waals surface area contributed by atoms with Crippen molar-refractivity contribution in [3.63, 3.8) is 0 Å². The lowest BCUT2D eigenvalue weighted by molar-refractivity contribution is -0.122. The van der Waals surface area contributed by atoms with Crippen LogP contribution in [0.25, 0.3) is 0 Å². The van der Waals surface area contributed by atoms with E-state index >= 15 is 0 Å². The van der Waals surface area contributed by atoms with Crippen molar-refractivity contribution in [1.29, 1.82) is 0 Å². The first kappa shape index (κ1) is 19.2. The number of benzene rings is 2. The van der Waals surface area contributed by atoms with Crippen LogP contribution in [0.15, 0.2) is 36.4 Å². The monoisotopic (exact) mass is 386 g/mol. The van der Waals surface area contributed by atoms with E-state index in [9.17, 15) is 9.59 Å². The first-order valence-electron chi connectivity index (χ1n) is 9.00. The molecule has 2 aromatic carbocycles. The van der Waals surface area contributed by atoms with Crippen LogP contribution in [-0.4, -0.2) is 24.5 Å². The van der Waals surface area contributed by atoms with Gasteiger partial charge in [0.2, 0.25) is 5.91 Å². The summed E-state index contributed by atoms with van der Waals surface area (Å²) in [6, 6.07) is 10.9. The second-order valence-corrected chi connectivity index (χ2v) is 7.21. The molecule has 0 radical (unpaired) electrons. The zero-order valence-corrected chi connectivity index (χ0v) is 16.5. The standard InChI is InChI=1S/C21H23ClN2O3/c1-13-11-17(22)6-9-20(13)27-14(2)21(26)23-18-7-8-19-16(12-18)5-4-10-24(19)15(3)25/h6-9,11-12,14H,4-5,10H2,1-3H3,(H,23,26). The van der Waals surface area contributed by atoms with Gasteiger partial charge in [-0.25, -0.2) is 0 Å². The van der Waals surface area contributed by atoms with Gasteiger partial charge in [-0.3, -0.25) is 9.59 Å². The van der Waals surface area contributed by atoms with Gasteiger partial charge < -0.3 is 15.0 Å². The number of hydrogen-bond acceptors (Lipinski definition) is 3. The molecule has 1 aliphatic rings. The lowest BCUT2D eigenvalue weighted by atomic mass is 10.0. The van der Waals surface area contributed by atoms with E-state index in [1.807, 2.05) is 25.1 Å². The largest absolute Gasteiger partial charge is 0.481 e. The molecule has 27 heavy (non-hydrogen) atoms. The molecule has 1 heterocycles. The first-order chi connectivity index (χ1) is 12.8. The number of rotatable bonds is 4. The van der Waals surface area contributed by atoms with Gasteiger partial charge in [0.15, 0.2) is 6.10 Å². The summed E-state index contributed by atoms with van der Waals surface area (Å²) in [5.41, 5.74) is 3.57. The van der Waals surface area contributed by atoms with Gasteiger partial charge in [-0.05, 0) is 74.2 Å². The fourth-order valence-electron chi connectivity index (χ4n) is 3.23. The van der Waals surface area contributed by atoms with Gasteiger partial charge in [0, 0.05) is 29.9 Å². The van der Waals surface area contributed by atoms with E-state index in [-0.39, 0.29) is 11.8 Å². The highest BCUT2D eigenvalue weighted by Gasteiger charge is 2.21. The van der Waals surface area contributed by atoms with E-state index in [4.69, 9.17) is 16.3 Å². The molecule has 2 aromatic rings. The van der Waals surface area contributed by atoms with Crippen molar-refractivity contribution in [1.82, 2.24) is 0 Å². The maximum Gasteiger partial charge on any atom is 0.265 e. The van der Waals surface area contributed by atoms with E-state index in [0.29, 0.717) is 16.5 Å². The summed E-state index contributed by atoms with van der Waals surface area (Å²) in [6.45, 7) is 5.90. The summed E-state index contributed by atoms with van der Waals surface area (Å²) >= 11 is 5.95. The Bertz CT molecular complexity index is 882. The Balaban J connectivity index is 1.69. The average molecular weight is 387 g/mol. The predicted molar refractivity (Wildman–Crippen MR) is 108 cm³/mol. The van der Waals surface area contributed by atoms with Crippen LogP contribution in [0, 0.1) is 6.92 Å². The molecule has 0 saturated carbocycles. The lowest BCUT2D eigenvalue weighted by Gasteiger charge is -2.29. The van der Waals surface area contributed by atoms with E-state index in [1.165, 1.54) is 0 Å². The van der Waals surface area contributed by atoms with Gasteiger partial charge in [-0.15, -0.1) is 0 Å². The van der Waals surface area contributed by atoms with E-state index in [1.54, 1.807) is 36.9 Å². The van der Waals surface area contributed by atoms with Gasteiger partial charge in [0.1, 0.15) is 5.75 Å². The summed E-state index contributed by atoms with van der Waals surface area (Å²) in [7, 11) is 0. The molecule has 1 aliphatic heterocycles. The van der Waals surface area contributed by atoms with Crippen molar-refractivity contribution < 1.29 is 14.3 Å². The third-order valence-electron chi connectivity index (χ3n) is 4.66. The van der Waals surface area contributed by atoms with Gasteiger partial charge in [-0.2, -0.15) is 0 Å². The van der Waals surface area contributed by atoms with Gasteiger partial charge >= 0.3 is 0 Å². The molecule has 142 valence electrons. The van der Waals surface area contributed by atoms with Crippen LogP contribution in [0.2, 0.25) is 5.02 Å². The van der Waals surface area contributed by atoms with Crippen LogP contribution in [0.3, 0.4) is 0 Å². The zero-order valence-electron chi connectivity index (χ0n) is 15.7. The van der Waals surface area contributed by atoms with Crippen LogP contribution < -0.4 is 15.0 Å². The number of halogens is 1. The molecule has 0 saturated heterocycles. The van der Waals surface area contributed by atoms with Crippen molar-refractivity contribution in [2.45, 2.75) is 39.7 Å². The van der Waals surface area contributed by atoms with Crippen LogP contribution >= 0.6 is 11.6 Å². The maximum atomic E-state index is 12.5. The Kier molecular flexibility index (Phi) is 5.71. The van der Waals surface area contributed by atoms with Gasteiger partial charge in [-0.1, -0.05) is 11.6 Å². The Morgan fingerprint density at radius 2 is 2.00 bits per heavy atom. The quantitative estimate of drug-likeness (QED) is 0.849. The molecule has 6 heteroatoms. The molecule has 0 aromatic heterocycles. The minimum atomic E-state index is -0.658. The minimum absolute atomic E-state index is 0.0353. The molecule has 0 aliphatic carbocycles. The number of carbonyl (C=O) groups is 2. The molecule has 2 amide bonds. The summed E-state index contributed by atoms with van der Waals surface area (Å²) in [5, 5.41) is 3.52. The minimum Gasteiger partial charge on any atom is -0.481 e. The molecular weight excluding hydrogens is 364 g/mol. The number of hydrogen-bond donors (Lipinski definition) is 1. The molecule has 1 unspecified atom stereocenters. The molecule has 0 spiro atoms. The van der Waals surface area contributed by atoms with Crippen molar-refractivity contribution >= 4 is 34.8 Å². The molecule has 1 N–H and O–H groups in total. The highest BCUT2D eigenvalue weighted by molar-refractivity contribution is 6.30. The Morgan fingerprint density at radius 3 is 2.70 bits per heavy atom. The fraction of sp³-hybridized carbons (Fsp3) is 0.333. The molecular formula is C21H23ClN2O3. The van der Waals surface area contributed by atoms with Crippen molar-refractivity contribution in [2.75, 3.05) is 16.8 Å². The van der Waals surface area contributed by atoms with Gasteiger partial charge in [0.05, 0.1) is 0 Å². The SMILES string of the molecule is CC(=O)N1CCCc2cc(NC(=O)C(C)Oc3ccc(Cl)cc3C)ccc21. The first-order valence-corrected chi connectivity index (χ1v) is 9.37. The van der Waals surface area contributed by atoms with Crippen molar-refractivity contribution in [3.8, 4) is 5.75 Å². The molecule has 3 rings (SSSR count). The van der Waals surface area contributed by atoms with Crippen LogP contribution in [-0.2, 0) is 16.0 Å². The van der Waals surface area contributed by atoms with Gasteiger partial charge in [0.25, 0.3) is 5.91 Å². The number of ether oxygens (including phenoxy) is 1. The van der Waals surface area contributed by atoms with Crippen molar-refractivity contribution in [2.24, 2.45) is 0 Å². The molecule has 0 bridgehead atoms. The second kappa shape index (κ2) is 8.01. The molecule has 1 atom stereocenters. The van der Waals surface area contributed by atoms with Crippen molar-refractivity contribution in [3.05, 3.63) is 52.5 Å². The summed E-state index contributed by atoms with van der Waals surface area (Å²) in [6.07, 6.45) is 1.15. The fourth-order valence-corrected chi connectivity index (χ4v) is 3.46. The lowest BCUT2D eigenvalue weighted by Crippen LogP contribution is -2.34. The highest BCUT2D eigenvalue weighted by atomic mass is 35.5. The third-order valence-corrected chi connectivity index (χ3v) is 4.89. The number of amides is 2. The number of anilines is 2. The Labute approximate surface area is 164 Å². The van der Waals surface area contributed by atoms with Crippen LogP contribution in [0.4, 0.5) is 11.4 Å². The smallest absolute Gasteiger partial charge is 0.265 e. The number of aryl methyl sites for hydroxylation is 2. The number of fused-ring (bicyclic) bond motifs is 1. The van der Waals surface area contributed by atoms with E-state index < -0.39 is 6.10 Å². The topological polar surface area (TPSA) is 58.6 Å². The Morgan fingerprint density at radius 1 is 1.22 bits per heavy atom. The normalized spacial score (nSPS) is 14.3. The van der Waals surface area contributed by atoms with E-state index in [0.717, 1.165) is 36.2 Å². The van der Waals surface area contributed by atoms with E-state index in [2.05, 4.69) is 5.32 Å². The Hall–Kier alpha value is -2.53. The number of carbonyl (C=O) groups excluding carboxylic acids is 2. The zero-order chi connectivity index (χ0) is 19.6.